The fourth-order valence-electron chi connectivity index (χ4n) is 3.62. The van der Waals surface area contributed by atoms with Gasteiger partial charge in [-0.3, -0.25) is 4.98 Å². The number of nitrogens with zero attached hydrogens (tertiary/aromatic N) is 7. The SMILES string of the molecule is Cc1cccc(/C=N/n2cnc3c(OCCc4ccccn4)nc(N4CCOCC4)nc32)c1. The lowest BCUT2D eigenvalue weighted by atomic mass is 10.2. The minimum atomic E-state index is 0.436. The predicted octanol–water partition coefficient (Wildman–Crippen LogP) is 2.87. The molecular formula is C24H25N7O2. The van der Waals surface area contributed by atoms with Crippen LogP contribution in [0.1, 0.15) is 16.8 Å². The summed E-state index contributed by atoms with van der Waals surface area (Å²) in [4.78, 5) is 20.4. The number of morpholine rings is 1. The maximum atomic E-state index is 6.07. The number of fused-ring (bicyclic) bond motifs is 1. The van der Waals surface area contributed by atoms with E-state index in [9.17, 15) is 0 Å². The van der Waals surface area contributed by atoms with Gasteiger partial charge in [0, 0.05) is 31.4 Å². The van der Waals surface area contributed by atoms with Crippen molar-refractivity contribution in [1.29, 1.82) is 0 Å². The van der Waals surface area contributed by atoms with Crippen molar-refractivity contribution in [2.75, 3.05) is 37.8 Å². The van der Waals surface area contributed by atoms with E-state index < -0.39 is 0 Å². The summed E-state index contributed by atoms with van der Waals surface area (Å²) in [6, 6.07) is 14.0. The lowest BCUT2D eigenvalue weighted by Crippen LogP contribution is -2.37. The van der Waals surface area contributed by atoms with Gasteiger partial charge < -0.3 is 14.4 Å². The molecule has 1 fully saturated rings. The van der Waals surface area contributed by atoms with Gasteiger partial charge in [0.25, 0.3) is 0 Å². The number of ether oxygens (including phenoxy) is 2. The molecule has 168 valence electrons. The van der Waals surface area contributed by atoms with Gasteiger partial charge in [0.05, 0.1) is 26.0 Å². The molecule has 0 atom stereocenters. The molecule has 0 amide bonds. The summed E-state index contributed by atoms with van der Waals surface area (Å²) in [7, 11) is 0. The number of hydrogen-bond acceptors (Lipinski definition) is 8. The van der Waals surface area contributed by atoms with Crippen molar-refractivity contribution < 1.29 is 9.47 Å². The van der Waals surface area contributed by atoms with E-state index in [1.165, 1.54) is 5.56 Å². The van der Waals surface area contributed by atoms with E-state index in [4.69, 9.17) is 14.5 Å². The lowest BCUT2D eigenvalue weighted by Gasteiger charge is -2.26. The number of pyridine rings is 1. The minimum absolute atomic E-state index is 0.436. The first-order valence-electron chi connectivity index (χ1n) is 11.0. The topological polar surface area (TPSA) is 90.5 Å². The van der Waals surface area contributed by atoms with Gasteiger partial charge in [-0.25, -0.2) is 9.66 Å². The number of aromatic nitrogens is 5. The molecule has 1 aliphatic rings. The highest BCUT2D eigenvalue weighted by Crippen LogP contribution is 2.25. The van der Waals surface area contributed by atoms with Gasteiger partial charge in [-0.15, -0.1) is 0 Å². The third-order valence-electron chi connectivity index (χ3n) is 5.33. The number of benzene rings is 1. The van der Waals surface area contributed by atoms with Gasteiger partial charge in [-0.05, 0) is 24.6 Å². The Balaban J connectivity index is 1.45. The van der Waals surface area contributed by atoms with Crippen LogP contribution in [0.3, 0.4) is 0 Å². The molecule has 0 saturated carbocycles. The maximum Gasteiger partial charge on any atom is 0.247 e. The molecule has 5 rings (SSSR count). The second-order valence-electron chi connectivity index (χ2n) is 7.77. The molecule has 0 N–H and O–H groups in total. The highest BCUT2D eigenvalue weighted by atomic mass is 16.5. The van der Waals surface area contributed by atoms with E-state index in [2.05, 4.69) is 44.0 Å². The Hall–Kier alpha value is -3.85. The number of hydrogen-bond donors (Lipinski definition) is 0. The van der Waals surface area contributed by atoms with Crippen LogP contribution in [-0.4, -0.2) is 63.7 Å². The number of imidazole rings is 1. The molecule has 1 saturated heterocycles. The van der Waals surface area contributed by atoms with Gasteiger partial charge in [-0.1, -0.05) is 35.9 Å². The Bertz CT molecular complexity index is 1250. The number of aryl methyl sites for hydroxylation is 1. The molecule has 4 heterocycles. The van der Waals surface area contributed by atoms with Crippen molar-refractivity contribution in [2.45, 2.75) is 13.3 Å². The summed E-state index contributed by atoms with van der Waals surface area (Å²) >= 11 is 0. The number of anilines is 1. The largest absolute Gasteiger partial charge is 0.476 e. The van der Waals surface area contributed by atoms with Gasteiger partial charge >= 0.3 is 0 Å². The second kappa shape index (κ2) is 9.74. The van der Waals surface area contributed by atoms with E-state index in [0.29, 0.717) is 49.2 Å². The lowest BCUT2D eigenvalue weighted by molar-refractivity contribution is 0.122. The first-order valence-corrected chi connectivity index (χ1v) is 11.0. The van der Waals surface area contributed by atoms with Crippen LogP contribution in [0.5, 0.6) is 5.88 Å². The van der Waals surface area contributed by atoms with Crippen molar-refractivity contribution in [2.24, 2.45) is 5.10 Å². The second-order valence-corrected chi connectivity index (χ2v) is 7.77. The summed E-state index contributed by atoms with van der Waals surface area (Å²) in [6.07, 6.45) is 5.89. The van der Waals surface area contributed by atoms with Crippen LogP contribution >= 0.6 is 0 Å². The van der Waals surface area contributed by atoms with Crippen LogP contribution in [0.4, 0.5) is 5.95 Å². The summed E-state index contributed by atoms with van der Waals surface area (Å²) in [5.41, 5.74) is 4.32. The van der Waals surface area contributed by atoms with Crippen LogP contribution in [0.2, 0.25) is 0 Å². The van der Waals surface area contributed by atoms with Gasteiger partial charge in [0.2, 0.25) is 11.8 Å². The maximum absolute atomic E-state index is 6.07. The van der Waals surface area contributed by atoms with E-state index in [1.807, 2.05) is 30.3 Å². The average molecular weight is 444 g/mol. The Morgan fingerprint density at radius 3 is 2.82 bits per heavy atom. The molecule has 3 aromatic heterocycles. The minimum Gasteiger partial charge on any atom is -0.476 e. The molecular weight excluding hydrogens is 418 g/mol. The van der Waals surface area contributed by atoms with E-state index in [0.717, 1.165) is 24.3 Å². The summed E-state index contributed by atoms with van der Waals surface area (Å²) < 4.78 is 13.2. The first-order chi connectivity index (χ1) is 16.3. The van der Waals surface area contributed by atoms with Gasteiger partial charge in [0.1, 0.15) is 6.33 Å². The molecule has 0 bridgehead atoms. The van der Waals surface area contributed by atoms with E-state index in [1.54, 1.807) is 23.4 Å². The van der Waals surface area contributed by atoms with E-state index in [-0.39, 0.29) is 0 Å². The monoisotopic (exact) mass is 443 g/mol. The van der Waals surface area contributed by atoms with Gasteiger partial charge in [-0.2, -0.15) is 15.1 Å². The van der Waals surface area contributed by atoms with Crippen LogP contribution in [0.15, 0.2) is 60.1 Å². The van der Waals surface area contributed by atoms with Crippen molar-refractivity contribution in [1.82, 2.24) is 24.6 Å². The number of rotatable bonds is 7. The molecule has 9 nitrogen and oxygen atoms in total. The summed E-state index contributed by atoms with van der Waals surface area (Å²) in [5.74, 6) is 1.04. The Morgan fingerprint density at radius 1 is 1.09 bits per heavy atom. The zero-order valence-electron chi connectivity index (χ0n) is 18.5. The molecule has 1 aromatic carbocycles. The Labute approximate surface area is 191 Å². The highest BCUT2D eigenvalue weighted by Gasteiger charge is 2.20. The molecule has 4 aromatic rings. The van der Waals surface area contributed by atoms with E-state index >= 15 is 0 Å². The first kappa shape index (κ1) is 21.0. The van der Waals surface area contributed by atoms with Crippen LogP contribution < -0.4 is 9.64 Å². The standard InChI is InChI=1S/C24H25N7O2/c1-18-5-4-6-19(15-18)16-27-31-17-26-21-22(31)28-24(30-10-13-32-14-11-30)29-23(21)33-12-8-20-7-2-3-9-25-20/h2-7,9,15-17H,8,10-14H2,1H3/b27-16+. The zero-order valence-corrected chi connectivity index (χ0v) is 18.5. The zero-order chi connectivity index (χ0) is 22.5. The highest BCUT2D eigenvalue weighted by molar-refractivity contribution is 5.82. The van der Waals surface area contributed by atoms with Crippen molar-refractivity contribution in [3.63, 3.8) is 0 Å². The molecule has 9 heteroatoms. The van der Waals surface area contributed by atoms with Gasteiger partial charge in [0.15, 0.2) is 11.2 Å². The Morgan fingerprint density at radius 2 is 2.00 bits per heavy atom. The molecule has 0 aliphatic carbocycles. The third kappa shape index (κ3) is 4.98. The normalized spacial score (nSPS) is 14.3. The fourth-order valence-corrected chi connectivity index (χ4v) is 3.62. The molecule has 0 radical (unpaired) electrons. The summed E-state index contributed by atoms with van der Waals surface area (Å²) in [5, 5.41) is 4.59. The van der Waals surface area contributed by atoms with Crippen molar-refractivity contribution >= 4 is 23.3 Å². The van der Waals surface area contributed by atoms with Crippen LogP contribution in [0.25, 0.3) is 11.2 Å². The molecule has 0 unspecified atom stereocenters. The average Bonchev–Trinajstić information content (AvgIpc) is 3.27. The quantitative estimate of drug-likeness (QED) is 0.406. The summed E-state index contributed by atoms with van der Waals surface area (Å²) in [6.45, 7) is 5.22. The Kier molecular flexibility index (Phi) is 6.21. The molecule has 0 spiro atoms. The van der Waals surface area contributed by atoms with Crippen LogP contribution in [0, 0.1) is 6.92 Å². The molecule has 33 heavy (non-hydrogen) atoms. The predicted molar refractivity (Wildman–Crippen MR) is 126 cm³/mol. The smallest absolute Gasteiger partial charge is 0.247 e. The van der Waals surface area contributed by atoms with Crippen molar-refractivity contribution in [3.05, 3.63) is 71.8 Å². The third-order valence-corrected chi connectivity index (χ3v) is 5.33. The van der Waals surface area contributed by atoms with Crippen molar-refractivity contribution in [3.8, 4) is 5.88 Å². The van der Waals surface area contributed by atoms with Crippen LogP contribution in [-0.2, 0) is 11.2 Å². The fraction of sp³-hybridized carbons (Fsp3) is 0.292. The molecule has 1 aliphatic heterocycles.